The van der Waals surface area contributed by atoms with Crippen molar-refractivity contribution in [1.82, 2.24) is 19.6 Å². The predicted molar refractivity (Wildman–Crippen MR) is 155 cm³/mol. The number of amides is 1. The fourth-order valence-corrected chi connectivity index (χ4v) is 6.95. The summed E-state index contributed by atoms with van der Waals surface area (Å²) in [4.78, 5) is 17.7. The molecule has 0 spiro atoms. The van der Waals surface area contributed by atoms with Crippen molar-refractivity contribution in [1.29, 1.82) is 0 Å². The van der Waals surface area contributed by atoms with Gasteiger partial charge in [0.15, 0.2) is 5.03 Å². The summed E-state index contributed by atoms with van der Waals surface area (Å²) in [7, 11) is -3.87. The molecule has 0 unspecified atom stereocenters. The molecule has 1 fully saturated rings. The Morgan fingerprint density at radius 2 is 1.72 bits per heavy atom. The fourth-order valence-electron chi connectivity index (χ4n) is 5.39. The second-order valence-electron chi connectivity index (χ2n) is 12.5. The standard InChI is InChI=1S/C30H42N4O4S/c1-20-24(27(35)32-19-30(5,6)36)16-26(34(20)18-21-12-8-7-9-13-21)25-17-31-28(23-15-11-10-14-22(23)25)39(37,38)33-29(2,3)4/h10-11,14-17,21,33,36H,7-9,12-13,18-19H2,1-6H3,(H,32,35). The molecule has 1 aliphatic rings. The number of hydrogen-bond donors (Lipinski definition) is 3. The molecular formula is C30H42N4O4S. The summed E-state index contributed by atoms with van der Waals surface area (Å²) in [5.74, 6) is 0.259. The van der Waals surface area contributed by atoms with E-state index >= 15 is 0 Å². The average Bonchev–Trinajstić information content (AvgIpc) is 3.16. The zero-order valence-electron chi connectivity index (χ0n) is 24.0. The fraction of sp³-hybridized carbons (Fsp3) is 0.533. The van der Waals surface area contributed by atoms with Crippen LogP contribution in [0.25, 0.3) is 22.0 Å². The van der Waals surface area contributed by atoms with Crippen LogP contribution in [0.4, 0.5) is 0 Å². The largest absolute Gasteiger partial charge is 0.389 e. The van der Waals surface area contributed by atoms with Crippen LogP contribution < -0.4 is 10.0 Å². The van der Waals surface area contributed by atoms with Crippen LogP contribution in [-0.4, -0.2) is 46.7 Å². The molecule has 1 aromatic carbocycles. The predicted octanol–water partition coefficient (Wildman–Crippen LogP) is 5.17. The Hall–Kier alpha value is -2.75. The molecule has 8 nitrogen and oxygen atoms in total. The number of carbonyl (C=O) groups is 1. The van der Waals surface area contributed by atoms with Gasteiger partial charge in [0.1, 0.15) is 0 Å². The molecule has 0 atom stereocenters. The summed E-state index contributed by atoms with van der Waals surface area (Å²) >= 11 is 0. The summed E-state index contributed by atoms with van der Waals surface area (Å²) in [6.45, 7) is 11.6. The normalized spacial score (nSPS) is 15.6. The average molecular weight is 555 g/mol. The molecule has 1 saturated carbocycles. The van der Waals surface area contributed by atoms with Crippen LogP contribution in [0.5, 0.6) is 0 Å². The zero-order valence-corrected chi connectivity index (χ0v) is 24.8. The first-order valence-corrected chi connectivity index (χ1v) is 15.3. The van der Waals surface area contributed by atoms with E-state index < -0.39 is 21.2 Å². The number of nitrogens with zero attached hydrogens (tertiary/aromatic N) is 2. The third-order valence-corrected chi connectivity index (χ3v) is 8.90. The highest BCUT2D eigenvalue weighted by Gasteiger charge is 2.28. The lowest BCUT2D eigenvalue weighted by molar-refractivity contribution is 0.0694. The number of carbonyl (C=O) groups excluding carboxylic acids is 1. The number of fused-ring (bicyclic) bond motifs is 1. The number of hydrogen-bond acceptors (Lipinski definition) is 5. The maximum Gasteiger partial charge on any atom is 0.259 e. The van der Waals surface area contributed by atoms with E-state index in [-0.39, 0.29) is 17.5 Å². The molecule has 0 saturated heterocycles. The van der Waals surface area contributed by atoms with E-state index in [1.54, 1.807) is 46.9 Å². The Bertz CT molecular complexity index is 1460. The number of sulfonamides is 1. The Kier molecular flexibility index (Phi) is 8.26. The third kappa shape index (κ3) is 6.88. The lowest BCUT2D eigenvalue weighted by atomic mass is 9.89. The van der Waals surface area contributed by atoms with Gasteiger partial charge >= 0.3 is 0 Å². The number of rotatable bonds is 8. The van der Waals surface area contributed by atoms with Crippen LogP contribution in [0, 0.1) is 12.8 Å². The summed E-state index contributed by atoms with van der Waals surface area (Å²) in [5, 5.41) is 14.3. The van der Waals surface area contributed by atoms with Crippen LogP contribution in [-0.2, 0) is 16.6 Å². The van der Waals surface area contributed by atoms with E-state index in [0.717, 1.165) is 41.7 Å². The van der Waals surface area contributed by atoms with E-state index in [2.05, 4.69) is 19.6 Å². The van der Waals surface area contributed by atoms with Gasteiger partial charge in [0.2, 0.25) is 0 Å². The van der Waals surface area contributed by atoms with Crippen molar-refractivity contribution < 1.29 is 18.3 Å². The number of nitrogens with one attached hydrogen (secondary N) is 2. The van der Waals surface area contributed by atoms with Crippen molar-refractivity contribution in [2.24, 2.45) is 5.92 Å². The first-order chi connectivity index (χ1) is 18.2. The molecular weight excluding hydrogens is 512 g/mol. The summed E-state index contributed by atoms with van der Waals surface area (Å²) in [6, 6.07) is 9.26. The smallest absolute Gasteiger partial charge is 0.259 e. The van der Waals surface area contributed by atoms with E-state index in [1.807, 2.05) is 31.2 Å². The number of benzene rings is 1. The maximum atomic E-state index is 13.3. The Balaban J connectivity index is 1.86. The van der Waals surface area contributed by atoms with Gasteiger partial charge in [0, 0.05) is 41.5 Å². The number of aromatic nitrogens is 2. The molecule has 9 heteroatoms. The first kappa shape index (κ1) is 29.2. The highest BCUT2D eigenvalue weighted by atomic mass is 32.2. The van der Waals surface area contributed by atoms with Crippen LogP contribution in [0.15, 0.2) is 41.6 Å². The van der Waals surface area contributed by atoms with Gasteiger partial charge < -0.3 is 15.0 Å². The minimum Gasteiger partial charge on any atom is -0.389 e. The van der Waals surface area contributed by atoms with Gasteiger partial charge in [-0.25, -0.2) is 18.1 Å². The number of aliphatic hydroxyl groups is 1. The van der Waals surface area contributed by atoms with Crippen molar-refractivity contribution in [2.75, 3.05) is 6.54 Å². The molecule has 2 heterocycles. The topological polar surface area (TPSA) is 113 Å². The number of pyridine rings is 1. The minimum absolute atomic E-state index is 0.0120. The molecule has 1 amide bonds. The molecule has 0 bridgehead atoms. The lowest BCUT2D eigenvalue weighted by Crippen LogP contribution is -2.40. The molecule has 39 heavy (non-hydrogen) atoms. The van der Waals surface area contributed by atoms with Crippen LogP contribution in [0.3, 0.4) is 0 Å². The Morgan fingerprint density at radius 3 is 2.33 bits per heavy atom. The van der Waals surface area contributed by atoms with Crippen molar-refractivity contribution in [3.05, 3.63) is 47.8 Å². The highest BCUT2D eigenvalue weighted by Crippen LogP contribution is 2.36. The van der Waals surface area contributed by atoms with E-state index in [0.29, 0.717) is 16.9 Å². The van der Waals surface area contributed by atoms with Crippen molar-refractivity contribution >= 4 is 26.7 Å². The first-order valence-electron chi connectivity index (χ1n) is 13.8. The van der Waals surface area contributed by atoms with Crippen molar-refractivity contribution in [3.8, 4) is 11.3 Å². The van der Waals surface area contributed by atoms with Gasteiger partial charge in [0.05, 0.1) is 16.9 Å². The molecule has 4 rings (SSSR count). The molecule has 3 N–H and O–H groups in total. The minimum atomic E-state index is -3.87. The molecule has 3 aromatic rings. The van der Waals surface area contributed by atoms with Gasteiger partial charge in [-0.15, -0.1) is 0 Å². The van der Waals surface area contributed by atoms with E-state index in [9.17, 15) is 18.3 Å². The molecule has 2 aromatic heterocycles. The van der Waals surface area contributed by atoms with Gasteiger partial charge in [-0.3, -0.25) is 4.79 Å². The quantitative estimate of drug-likeness (QED) is 0.356. The van der Waals surface area contributed by atoms with E-state index in [1.165, 1.54) is 19.3 Å². The third-order valence-electron chi connectivity index (χ3n) is 7.19. The summed E-state index contributed by atoms with van der Waals surface area (Å²) < 4.78 is 31.5. The second-order valence-corrected chi connectivity index (χ2v) is 14.1. The second kappa shape index (κ2) is 11.0. The van der Waals surface area contributed by atoms with Crippen molar-refractivity contribution in [3.63, 3.8) is 0 Å². The highest BCUT2D eigenvalue weighted by molar-refractivity contribution is 7.89. The van der Waals surface area contributed by atoms with Gasteiger partial charge in [-0.05, 0) is 71.8 Å². The van der Waals surface area contributed by atoms with E-state index in [4.69, 9.17) is 0 Å². The van der Waals surface area contributed by atoms with Gasteiger partial charge in [-0.2, -0.15) is 0 Å². The van der Waals surface area contributed by atoms with Gasteiger partial charge in [0.25, 0.3) is 15.9 Å². The van der Waals surface area contributed by atoms with Crippen LogP contribution in [0.2, 0.25) is 0 Å². The Labute approximate surface area is 232 Å². The lowest BCUT2D eigenvalue weighted by Gasteiger charge is -2.25. The van der Waals surface area contributed by atoms with Crippen LogP contribution >= 0.6 is 0 Å². The summed E-state index contributed by atoms with van der Waals surface area (Å²) in [6.07, 6.45) is 7.57. The maximum absolute atomic E-state index is 13.3. The molecule has 0 radical (unpaired) electrons. The van der Waals surface area contributed by atoms with Crippen LogP contribution in [0.1, 0.15) is 82.8 Å². The summed E-state index contributed by atoms with van der Waals surface area (Å²) in [5.41, 5.74) is 1.32. The molecule has 0 aliphatic heterocycles. The molecule has 1 aliphatic carbocycles. The zero-order chi connectivity index (χ0) is 28.6. The SMILES string of the molecule is Cc1c(C(=O)NCC(C)(C)O)cc(-c2cnc(S(=O)(=O)NC(C)(C)C)c3ccccc23)n1CC1CCCCC1. The van der Waals surface area contributed by atoms with Gasteiger partial charge in [-0.1, -0.05) is 43.5 Å². The monoisotopic (exact) mass is 554 g/mol. The van der Waals surface area contributed by atoms with Crippen molar-refractivity contribution in [2.45, 2.75) is 96.4 Å². The molecule has 212 valence electrons. The Morgan fingerprint density at radius 1 is 1.08 bits per heavy atom.